The molecule has 0 bridgehead atoms. The summed E-state index contributed by atoms with van der Waals surface area (Å²) in [5, 5.41) is 1.71. The van der Waals surface area contributed by atoms with Gasteiger partial charge in [-0.1, -0.05) is 30.7 Å². The van der Waals surface area contributed by atoms with Gasteiger partial charge in [-0.15, -0.1) is 0 Å². The van der Waals surface area contributed by atoms with Crippen LogP contribution in [0.3, 0.4) is 0 Å². The minimum absolute atomic E-state index is 0.189. The molecule has 1 aliphatic carbocycles. The van der Waals surface area contributed by atoms with Crippen LogP contribution in [-0.2, 0) is 11.8 Å². The van der Waals surface area contributed by atoms with Crippen molar-refractivity contribution in [3.05, 3.63) is 76.2 Å². The average molecular weight is 393 g/mol. The lowest BCUT2D eigenvalue weighted by molar-refractivity contribution is 0.413. The molecule has 0 spiro atoms. The van der Waals surface area contributed by atoms with Crippen molar-refractivity contribution >= 4 is 22.6 Å². The van der Waals surface area contributed by atoms with Crippen molar-refractivity contribution in [3.8, 4) is 17.1 Å². The first-order chi connectivity index (χ1) is 13.5. The van der Waals surface area contributed by atoms with Crippen LogP contribution in [0.2, 0.25) is 5.02 Å². The van der Waals surface area contributed by atoms with E-state index in [0.29, 0.717) is 5.02 Å². The van der Waals surface area contributed by atoms with Crippen molar-refractivity contribution in [3.63, 3.8) is 0 Å². The lowest BCUT2D eigenvalue weighted by atomic mass is 9.73. The summed E-state index contributed by atoms with van der Waals surface area (Å²) in [7, 11) is 1.69. The molecule has 0 unspecified atom stereocenters. The van der Waals surface area contributed by atoms with E-state index in [4.69, 9.17) is 25.2 Å². The second-order valence-corrected chi connectivity index (χ2v) is 8.14. The van der Waals surface area contributed by atoms with E-state index in [9.17, 15) is 0 Å². The molecular formula is C24H21ClO3. The Balaban J connectivity index is 1.76. The van der Waals surface area contributed by atoms with Crippen molar-refractivity contribution < 1.29 is 13.6 Å². The molecule has 5 rings (SSSR count). The molecular weight excluding hydrogens is 372 g/mol. The molecule has 0 saturated carbocycles. The van der Waals surface area contributed by atoms with Crippen LogP contribution in [0.4, 0.5) is 0 Å². The Morgan fingerprint density at radius 3 is 2.57 bits per heavy atom. The molecule has 1 aliphatic rings. The van der Waals surface area contributed by atoms with Crippen LogP contribution in [0.5, 0.6) is 5.75 Å². The maximum atomic E-state index is 6.29. The van der Waals surface area contributed by atoms with Gasteiger partial charge >= 0.3 is 0 Å². The number of furan rings is 2. The lowest BCUT2D eigenvalue weighted by Crippen LogP contribution is -2.23. The maximum Gasteiger partial charge on any atom is 0.142 e. The van der Waals surface area contributed by atoms with Crippen molar-refractivity contribution in [1.29, 1.82) is 0 Å². The van der Waals surface area contributed by atoms with Gasteiger partial charge in [-0.05, 0) is 55.3 Å². The van der Waals surface area contributed by atoms with Crippen LogP contribution in [0.1, 0.15) is 36.0 Å². The lowest BCUT2D eigenvalue weighted by Gasteiger charge is -2.29. The van der Waals surface area contributed by atoms with Crippen molar-refractivity contribution in [2.75, 3.05) is 7.11 Å². The Hall–Kier alpha value is -2.65. The van der Waals surface area contributed by atoms with Gasteiger partial charge in [0.25, 0.3) is 0 Å². The third kappa shape index (κ3) is 2.50. The molecule has 0 saturated heterocycles. The fourth-order valence-electron chi connectivity index (χ4n) is 4.41. The molecule has 0 amide bonds. The molecule has 4 aromatic rings. The van der Waals surface area contributed by atoms with Crippen LogP contribution in [0, 0.1) is 6.92 Å². The molecule has 142 valence electrons. The smallest absolute Gasteiger partial charge is 0.142 e. The quantitative estimate of drug-likeness (QED) is 0.371. The molecule has 2 aromatic heterocycles. The summed E-state index contributed by atoms with van der Waals surface area (Å²) in [4.78, 5) is 0. The minimum Gasteiger partial charge on any atom is -0.497 e. The van der Waals surface area contributed by atoms with Crippen LogP contribution in [-0.4, -0.2) is 7.11 Å². The number of ether oxygens (including phenoxy) is 1. The molecule has 0 radical (unpaired) electrons. The zero-order chi connectivity index (χ0) is 19.5. The topological polar surface area (TPSA) is 35.5 Å². The van der Waals surface area contributed by atoms with E-state index in [1.807, 2.05) is 37.3 Å². The SMILES string of the molecule is COc1ccc([C@@]2(C)CCc3oc4ccc(Cl)cc4c3-c3oc(C)cc32)cc1. The van der Waals surface area contributed by atoms with E-state index in [1.54, 1.807) is 7.11 Å². The molecule has 0 aliphatic heterocycles. The normalized spacial score (nSPS) is 18.6. The van der Waals surface area contributed by atoms with E-state index < -0.39 is 0 Å². The largest absolute Gasteiger partial charge is 0.497 e. The number of methoxy groups -OCH3 is 1. The Morgan fingerprint density at radius 1 is 1.04 bits per heavy atom. The highest BCUT2D eigenvalue weighted by Gasteiger charge is 2.38. The number of fused-ring (bicyclic) bond motifs is 5. The molecule has 0 fully saturated rings. The molecule has 28 heavy (non-hydrogen) atoms. The molecule has 0 N–H and O–H groups in total. The standard InChI is InChI=1S/C24H21ClO3/c1-14-12-19-23(27-14)22-18-13-16(25)6-9-20(18)28-21(22)10-11-24(19,2)15-4-7-17(26-3)8-5-15/h4-9,12-13H,10-11H2,1-3H3/t24-/m1/s1. The molecule has 2 aromatic carbocycles. The van der Waals surface area contributed by atoms with E-state index in [1.165, 1.54) is 11.1 Å². The van der Waals surface area contributed by atoms with Crippen LogP contribution < -0.4 is 4.74 Å². The summed E-state index contributed by atoms with van der Waals surface area (Å²) in [5.74, 6) is 3.61. The highest BCUT2D eigenvalue weighted by atomic mass is 35.5. The van der Waals surface area contributed by atoms with E-state index in [0.717, 1.165) is 52.4 Å². The van der Waals surface area contributed by atoms with Crippen LogP contribution >= 0.6 is 11.6 Å². The van der Waals surface area contributed by atoms with Gasteiger partial charge in [0.2, 0.25) is 0 Å². The van der Waals surface area contributed by atoms with E-state index in [-0.39, 0.29) is 5.41 Å². The Morgan fingerprint density at radius 2 is 1.82 bits per heavy atom. The van der Waals surface area contributed by atoms with E-state index in [2.05, 4.69) is 25.1 Å². The highest BCUT2D eigenvalue weighted by molar-refractivity contribution is 6.31. The van der Waals surface area contributed by atoms with Crippen LogP contribution in [0.25, 0.3) is 22.3 Å². The molecule has 1 atom stereocenters. The number of benzene rings is 2. The van der Waals surface area contributed by atoms with Gasteiger partial charge in [-0.3, -0.25) is 0 Å². The number of rotatable bonds is 2. The maximum absolute atomic E-state index is 6.29. The molecule has 4 heteroatoms. The Labute approximate surface area is 168 Å². The van der Waals surface area contributed by atoms with Crippen molar-refractivity contribution in [1.82, 2.24) is 0 Å². The van der Waals surface area contributed by atoms with Gasteiger partial charge < -0.3 is 13.6 Å². The van der Waals surface area contributed by atoms with Gasteiger partial charge in [0.05, 0.1) is 12.7 Å². The van der Waals surface area contributed by atoms with Crippen molar-refractivity contribution in [2.24, 2.45) is 0 Å². The Kier molecular flexibility index (Phi) is 3.85. The summed E-state index contributed by atoms with van der Waals surface area (Å²) in [5.41, 5.74) is 4.13. The third-order valence-corrected chi connectivity index (χ3v) is 6.21. The number of halogens is 1. The number of hydrogen-bond donors (Lipinski definition) is 0. The minimum atomic E-state index is -0.189. The first-order valence-corrected chi connectivity index (χ1v) is 9.84. The summed E-state index contributed by atoms with van der Waals surface area (Å²) >= 11 is 6.29. The summed E-state index contributed by atoms with van der Waals surface area (Å²) in [6, 6.07) is 16.3. The summed E-state index contributed by atoms with van der Waals surface area (Å²) in [6.45, 7) is 4.28. The fraction of sp³-hybridized carbons (Fsp3) is 0.250. The first-order valence-electron chi connectivity index (χ1n) is 9.46. The fourth-order valence-corrected chi connectivity index (χ4v) is 4.58. The predicted molar refractivity (Wildman–Crippen MR) is 111 cm³/mol. The second kappa shape index (κ2) is 6.18. The van der Waals surface area contributed by atoms with Gasteiger partial charge in [0.15, 0.2) is 0 Å². The monoisotopic (exact) mass is 392 g/mol. The Bertz CT molecular complexity index is 1180. The van der Waals surface area contributed by atoms with Crippen LogP contribution in [0.15, 0.2) is 57.4 Å². The zero-order valence-corrected chi connectivity index (χ0v) is 16.9. The van der Waals surface area contributed by atoms with Gasteiger partial charge in [-0.2, -0.15) is 0 Å². The van der Waals surface area contributed by atoms with Gasteiger partial charge in [0.1, 0.15) is 28.6 Å². The average Bonchev–Trinajstić information content (AvgIpc) is 3.23. The van der Waals surface area contributed by atoms with Gasteiger partial charge in [0, 0.05) is 27.8 Å². The highest BCUT2D eigenvalue weighted by Crippen LogP contribution is 2.50. The molecule has 3 nitrogen and oxygen atoms in total. The summed E-state index contributed by atoms with van der Waals surface area (Å²) in [6.07, 6.45) is 1.75. The zero-order valence-electron chi connectivity index (χ0n) is 16.1. The third-order valence-electron chi connectivity index (χ3n) is 5.98. The first kappa shape index (κ1) is 17.4. The second-order valence-electron chi connectivity index (χ2n) is 7.70. The number of aryl methyl sites for hydroxylation is 2. The van der Waals surface area contributed by atoms with Crippen molar-refractivity contribution in [2.45, 2.75) is 32.1 Å². The van der Waals surface area contributed by atoms with Gasteiger partial charge in [-0.25, -0.2) is 0 Å². The predicted octanol–water partition coefficient (Wildman–Crippen LogP) is 6.92. The summed E-state index contributed by atoms with van der Waals surface area (Å²) < 4.78 is 17.8. The van der Waals surface area contributed by atoms with E-state index >= 15 is 0 Å². The molecule has 2 heterocycles. The number of hydrogen-bond acceptors (Lipinski definition) is 3.